The van der Waals surface area contributed by atoms with Crippen molar-refractivity contribution in [3.8, 4) is 0 Å². The van der Waals surface area contributed by atoms with E-state index in [1.165, 1.54) is 30.8 Å². The molecule has 4 nitrogen and oxygen atoms in total. The Morgan fingerprint density at radius 3 is 3.17 bits per heavy atom. The van der Waals surface area contributed by atoms with Crippen molar-refractivity contribution in [2.24, 2.45) is 5.73 Å². The van der Waals surface area contributed by atoms with Crippen LogP contribution in [0.1, 0.15) is 30.1 Å². The molecule has 2 N–H and O–H groups in total. The number of rotatable bonds is 2. The van der Waals surface area contributed by atoms with Gasteiger partial charge in [-0.05, 0) is 38.1 Å². The number of likely N-dealkylation sites (N-methyl/N-ethyl adjacent to an activating group) is 1. The lowest BCUT2D eigenvalue weighted by Gasteiger charge is -2.28. The Labute approximate surface area is 107 Å². The first-order valence-corrected chi connectivity index (χ1v) is 6.63. The van der Waals surface area contributed by atoms with Gasteiger partial charge in [0, 0.05) is 25.2 Å². The van der Waals surface area contributed by atoms with Crippen molar-refractivity contribution >= 4 is 5.52 Å². The van der Waals surface area contributed by atoms with Crippen molar-refractivity contribution in [2.75, 3.05) is 20.1 Å². The van der Waals surface area contributed by atoms with Crippen molar-refractivity contribution in [1.29, 1.82) is 0 Å². The van der Waals surface area contributed by atoms with E-state index in [2.05, 4.69) is 39.7 Å². The van der Waals surface area contributed by atoms with Crippen LogP contribution >= 0.6 is 0 Å². The van der Waals surface area contributed by atoms with Crippen LogP contribution in [0.25, 0.3) is 5.52 Å². The van der Waals surface area contributed by atoms with Crippen LogP contribution in [-0.2, 0) is 6.54 Å². The van der Waals surface area contributed by atoms with Gasteiger partial charge in [-0.3, -0.25) is 0 Å². The third-order valence-electron chi connectivity index (χ3n) is 3.90. The second-order valence-corrected chi connectivity index (χ2v) is 5.21. The number of nitrogens with zero attached hydrogens (tertiary/aromatic N) is 3. The molecule has 1 unspecified atom stereocenters. The van der Waals surface area contributed by atoms with Crippen molar-refractivity contribution < 1.29 is 0 Å². The fourth-order valence-electron chi connectivity index (χ4n) is 2.95. The van der Waals surface area contributed by atoms with E-state index in [1.807, 2.05) is 6.20 Å². The number of imidazole rings is 1. The molecule has 0 amide bonds. The molecule has 2 aromatic heterocycles. The summed E-state index contributed by atoms with van der Waals surface area (Å²) in [6.45, 7) is 2.87. The van der Waals surface area contributed by atoms with E-state index in [0.29, 0.717) is 12.5 Å². The minimum absolute atomic E-state index is 0.541. The summed E-state index contributed by atoms with van der Waals surface area (Å²) in [5.74, 6) is 1.73. The van der Waals surface area contributed by atoms with Gasteiger partial charge in [-0.1, -0.05) is 6.07 Å². The number of pyridine rings is 1. The monoisotopic (exact) mass is 244 g/mol. The molecule has 0 spiro atoms. The van der Waals surface area contributed by atoms with Crippen LogP contribution in [-0.4, -0.2) is 34.4 Å². The fourth-order valence-corrected chi connectivity index (χ4v) is 2.95. The molecule has 4 heteroatoms. The predicted molar refractivity (Wildman–Crippen MR) is 72.6 cm³/mol. The standard InChI is InChI=1S/C14H20N4/c1-17-6-2-5-12(10-17)14-16-9-13-11(8-15)4-3-7-18(13)14/h3-4,7,9,12H,2,5-6,8,10,15H2,1H3. The molecule has 3 rings (SSSR count). The molecular weight excluding hydrogens is 224 g/mol. The first-order chi connectivity index (χ1) is 8.79. The van der Waals surface area contributed by atoms with Crippen molar-refractivity contribution in [3.63, 3.8) is 0 Å². The summed E-state index contributed by atoms with van der Waals surface area (Å²) in [4.78, 5) is 7.03. The minimum atomic E-state index is 0.541. The Hall–Kier alpha value is -1.39. The highest BCUT2D eigenvalue weighted by molar-refractivity contribution is 5.54. The lowest BCUT2D eigenvalue weighted by atomic mass is 9.98. The third-order valence-corrected chi connectivity index (χ3v) is 3.90. The Bertz CT molecular complexity index is 546. The van der Waals surface area contributed by atoms with E-state index in [4.69, 9.17) is 5.73 Å². The van der Waals surface area contributed by atoms with E-state index in [-0.39, 0.29) is 0 Å². The first kappa shape index (κ1) is 11.7. The van der Waals surface area contributed by atoms with Gasteiger partial charge in [0.05, 0.1) is 11.7 Å². The molecule has 0 bridgehead atoms. The van der Waals surface area contributed by atoms with Crippen molar-refractivity contribution in [3.05, 3.63) is 35.9 Å². The molecule has 1 aliphatic heterocycles. The number of hydrogen-bond acceptors (Lipinski definition) is 3. The molecule has 1 aliphatic rings. The summed E-state index contributed by atoms with van der Waals surface area (Å²) in [5.41, 5.74) is 8.10. The molecule has 2 aromatic rings. The summed E-state index contributed by atoms with van der Waals surface area (Å²) < 4.78 is 2.21. The quantitative estimate of drug-likeness (QED) is 0.873. The van der Waals surface area contributed by atoms with Crippen molar-refractivity contribution in [1.82, 2.24) is 14.3 Å². The minimum Gasteiger partial charge on any atom is -0.326 e. The normalized spacial score (nSPS) is 21.6. The number of hydrogen-bond donors (Lipinski definition) is 1. The zero-order valence-electron chi connectivity index (χ0n) is 10.8. The van der Waals surface area contributed by atoms with Crippen LogP contribution in [0.2, 0.25) is 0 Å². The molecule has 1 atom stereocenters. The highest BCUT2D eigenvalue weighted by Crippen LogP contribution is 2.26. The van der Waals surface area contributed by atoms with E-state index in [9.17, 15) is 0 Å². The molecule has 1 fully saturated rings. The second kappa shape index (κ2) is 4.71. The van der Waals surface area contributed by atoms with Gasteiger partial charge >= 0.3 is 0 Å². The van der Waals surface area contributed by atoms with E-state index in [0.717, 1.165) is 12.1 Å². The fraction of sp³-hybridized carbons (Fsp3) is 0.500. The number of likely N-dealkylation sites (tertiary alicyclic amines) is 1. The van der Waals surface area contributed by atoms with Gasteiger partial charge in [-0.25, -0.2) is 4.98 Å². The van der Waals surface area contributed by atoms with Crippen LogP contribution < -0.4 is 5.73 Å². The van der Waals surface area contributed by atoms with Crippen LogP contribution in [0.5, 0.6) is 0 Å². The maximum absolute atomic E-state index is 5.78. The predicted octanol–water partition coefficient (Wildman–Crippen LogP) is 1.60. The topological polar surface area (TPSA) is 46.6 Å². The number of aromatic nitrogens is 2. The molecule has 3 heterocycles. The van der Waals surface area contributed by atoms with Crippen LogP contribution in [0.4, 0.5) is 0 Å². The second-order valence-electron chi connectivity index (χ2n) is 5.21. The maximum Gasteiger partial charge on any atom is 0.117 e. The van der Waals surface area contributed by atoms with Crippen molar-refractivity contribution in [2.45, 2.75) is 25.3 Å². The third kappa shape index (κ3) is 1.91. The average molecular weight is 244 g/mol. The van der Waals surface area contributed by atoms with E-state index >= 15 is 0 Å². The smallest absolute Gasteiger partial charge is 0.117 e. The first-order valence-electron chi connectivity index (χ1n) is 6.63. The summed E-state index contributed by atoms with van der Waals surface area (Å²) in [6, 6.07) is 4.14. The Morgan fingerprint density at radius 2 is 2.39 bits per heavy atom. The van der Waals surface area contributed by atoms with Crippen LogP contribution in [0, 0.1) is 0 Å². The molecule has 0 saturated carbocycles. The lowest BCUT2D eigenvalue weighted by molar-refractivity contribution is 0.245. The number of fused-ring (bicyclic) bond motifs is 1. The average Bonchev–Trinajstić information content (AvgIpc) is 2.82. The molecule has 0 aliphatic carbocycles. The summed E-state index contributed by atoms with van der Waals surface area (Å²) in [5, 5.41) is 0. The molecule has 0 aromatic carbocycles. The van der Waals surface area contributed by atoms with Gasteiger partial charge in [-0.15, -0.1) is 0 Å². The molecule has 1 saturated heterocycles. The summed E-state index contributed by atoms with van der Waals surface area (Å²) >= 11 is 0. The summed E-state index contributed by atoms with van der Waals surface area (Å²) in [6.07, 6.45) is 6.56. The zero-order valence-corrected chi connectivity index (χ0v) is 10.8. The van der Waals surface area contributed by atoms with Gasteiger partial charge in [0.2, 0.25) is 0 Å². The van der Waals surface area contributed by atoms with Gasteiger partial charge < -0.3 is 15.0 Å². The number of nitrogens with two attached hydrogens (primary N) is 1. The highest BCUT2D eigenvalue weighted by atomic mass is 15.1. The zero-order chi connectivity index (χ0) is 12.5. The molecule has 96 valence electrons. The SMILES string of the molecule is CN1CCCC(c2ncc3c(CN)cccn23)C1. The lowest BCUT2D eigenvalue weighted by Crippen LogP contribution is -2.31. The molecular formula is C14H20N4. The van der Waals surface area contributed by atoms with Gasteiger partial charge in [-0.2, -0.15) is 0 Å². The highest BCUT2D eigenvalue weighted by Gasteiger charge is 2.22. The Morgan fingerprint density at radius 1 is 1.50 bits per heavy atom. The van der Waals surface area contributed by atoms with Crippen LogP contribution in [0.15, 0.2) is 24.5 Å². The Balaban J connectivity index is 2.02. The van der Waals surface area contributed by atoms with Gasteiger partial charge in [0.15, 0.2) is 0 Å². The molecule has 0 radical (unpaired) electrons. The van der Waals surface area contributed by atoms with Crippen LogP contribution in [0.3, 0.4) is 0 Å². The summed E-state index contributed by atoms with van der Waals surface area (Å²) in [7, 11) is 2.19. The van der Waals surface area contributed by atoms with E-state index in [1.54, 1.807) is 0 Å². The molecule has 18 heavy (non-hydrogen) atoms. The number of piperidine rings is 1. The Kier molecular flexibility index (Phi) is 3.06. The largest absolute Gasteiger partial charge is 0.326 e. The maximum atomic E-state index is 5.78. The van der Waals surface area contributed by atoms with Gasteiger partial charge in [0.1, 0.15) is 5.82 Å². The van der Waals surface area contributed by atoms with Gasteiger partial charge in [0.25, 0.3) is 0 Å². The van der Waals surface area contributed by atoms with E-state index < -0.39 is 0 Å².